The predicted molar refractivity (Wildman–Crippen MR) is 105 cm³/mol. The first-order chi connectivity index (χ1) is 13.2. The van der Waals surface area contributed by atoms with E-state index >= 15 is 0 Å². The minimum Gasteiger partial charge on any atom is -0.348 e. The highest BCUT2D eigenvalue weighted by Crippen LogP contribution is 2.17. The second-order valence-corrected chi connectivity index (χ2v) is 7.00. The highest BCUT2D eigenvalue weighted by Gasteiger charge is 2.23. The van der Waals surface area contributed by atoms with Gasteiger partial charge in [0, 0.05) is 48.5 Å². The lowest BCUT2D eigenvalue weighted by Gasteiger charge is -2.33. The second kappa shape index (κ2) is 7.72. The molecular weight excluding hydrogens is 340 g/mol. The molecule has 138 valence electrons. The van der Waals surface area contributed by atoms with E-state index in [1.807, 2.05) is 36.5 Å². The van der Waals surface area contributed by atoms with Crippen molar-refractivity contribution in [1.29, 1.82) is 0 Å². The number of piperidine rings is 1. The van der Waals surface area contributed by atoms with E-state index in [0.29, 0.717) is 11.1 Å². The standard InChI is InChI=1S/C21H22N4O2/c26-20-11-18(17-7-1-2-8-19(17)24-20)21(27)23-16-6-4-10-25(14-16)13-15-5-3-9-22-12-15/h1-3,5,7-9,11-12,16H,4,6,10,13-14H2,(H,23,27)(H,24,26). The van der Waals surface area contributed by atoms with E-state index in [1.165, 1.54) is 11.6 Å². The lowest BCUT2D eigenvalue weighted by atomic mass is 10.0. The number of fused-ring (bicyclic) bond motifs is 1. The summed E-state index contributed by atoms with van der Waals surface area (Å²) in [6.45, 7) is 2.63. The normalized spacial score (nSPS) is 17.7. The first-order valence-corrected chi connectivity index (χ1v) is 9.23. The van der Waals surface area contributed by atoms with Crippen LogP contribution in [0.2, 0.25) is 0 Å². The molecule has 0 radical (unpaired) electrons. The SMILES string of the molecule is O=C(NC1CCCN(Cc2cccnc2)C1)c1cc(=O)[nH]c2ccccc12. The molecule has 1 aliphatic rings. The first-order valence-electron chi connectivity index (χ1n) is 9.23. The average molecular weight is 362 g/mol. The number of hydrogen-bond acceptors (Lipinski definition) is 4. The maximum atomic E-state index is 12.9. The third-order valence-electron chi connectivity index (χ3n) is 4.96. The highest BCUT2D eigenvalue weighted by molar-refractivity contribution is 6.06. The minimum absolute atomic E-state index is 0.0703. The van der Waals surface area contributed by atoms with Gasteiger partial charge in [-0.1, -0.05) is 24.3 Å². The number of likely N-dealkylation sites (tertiary alicyclic amines) is 1. The van der Waals surface area contributed by atoms with Gasteiger partial charge >= 0.3 is 0 Å². The van der Waals surface area contributed by atoms with Gasteiger partial charge in [-0.3, -0.25) is 19.5 Å². The van der Waals surface area contributed by atoms with Crippen molar-refractivity contribution in [1.82, 2.24) is 20.2 Å². The van der Waals surface area contributed by atoms with E-state index < -0.39 is 0 Å². The van der Waals surface area contributed by atoms with Gasteiger partial charge in [-0.25, -0.2) is 0 Å². The van der Waals surface area contributed by atoms with Crippen LogP contribution in [0.3, 0.4) is 0 Å². The molecule has 2 aromatic heterocycles. The molecule has 3 heterocycles. The van der Waals surface area contributed by atoms with Gasteiger partial charge in [-0.05, 0) is 37.1 Å². The van der Waals surface area contributed by atoms with Crippen LogP contribution in [0.5, 0.6) is 0 Å². The summed E-state index contributed by atoms with van der Waals surface area (Å²) in [5.74, 6) is -0.189. The van der Waals surface area contributed by atoms with Crippen LogP contribution >= 0.6 is 0 Å². The van der Waals surface area contributed by atoms with Crippen molar-refractivity contribution in [3.63, 3.8) is 0 Å². The fraction of sp³-hybridized carbons (Fsp3) is 0.286. The molecule has 1 fully saturated rings. The summed E-state index contributed by atoms with van der Waals surface area (Å²) in [7, 11) is 0. The number of amides is 1. The number of carbonyl (C=O) groups is 1. The molecule has 1 atom stereocenters. The Bertz CT molecular complexity index is 1000. The van der Waals surface area contributed by atoms with Gasteiger partial charge in [0.2, 0.25) is 5.56 Å². The predicted octanol–water partition coefficient (Wildman–Crippen LogP) is 2.32. The number of rotatable bonds is 4. The van der Waals surface area contributed by atoms with E-state index in [2.05, 4.69) is 26.3 Å². The van der Waals surface area contributed by atoms with Crippen molar-refractivity contribution in [2.75, 3.05) is 13.1 Å². The molecular formula is C21H22N4O2. The van der Waals surface area contributed by atoms with E-state index in [9.17, 15) is 9.59 Å². The fourth-order valence-corrected chi connectivity index (χ4v) is 3.72. The summed E-state index contributed by atoms with van der Waals surface area (Å²) in [6.07, 6.45) is 5.62. The topological polar surface area (TPSA) is 78.1 Å². The zero-order valence-electron chi connectivity index (χ0n) is 15.0. The summed E-state index contributed by atoms with van der Waals surface area (Å²) in [5.41, 5.74) is 2.02. The van der Waals surface area contributed by atoms with Crippen molar-refractivity contribution in [2.45, 2.75) is 25.4 Å². The Hall–Kier alpha value is -2.99. The van der Waals surface area contributed by atoms with Crippen molar-refractivity contribution in [3.8, 4) is 0 Å². The van der Waals surface area contributed by atoms with Gasteiger partial charge in [0.25, 0.3) is 5.91 Å². The average Bonchev–Trinajstić information content (AvgIpc) is 2.68. The van der Waals surface area contributed by atoms with Crippen LogP contribution in [0.1, 0.15) is 28.8 Å². The van der Waals surface area contributed by atoms with Crippen LogP contribution in [-0.2, 0) is 6.54 Å². The number of aromatic nitrogens is 2. The number of carbonyl (C=O) groups excluding carboxylic acids is 1. The Morgan fingerprint density at radius 3 is 3.00 bits per heavy atom. The van der Waals surface area contributed by atoms with E-state index in [4.69, 9.17) is 0 Å². The van der Waals surface area contributed by atoms with Crippen molar-refractivity contribution >= 4 is 16.8 Å². The third kappa shape index (κ3) is 4.06. The highest BCUT2D eigenvalue weighted by atomic mass is 16.2. The Morgan fingerprint density at radius 2 is 2.15 bits per heavy atom. The molecule has 1 aromatic carbocycles. The molecule has 0 saturated carbocycles. The monoisotopic (exact) mass is 362 g/mol. The van der Waals surface area contributed by atoms with E-state index in [1.54, 1.807) is 6.20 Å². The van der Waals surface area contributed by atoms with Gasteiger partial charge in [-0.2, -0.15) is 0 Å². The minimum atomic E-state index is -0.263. The van der Waals surface area contributed by atoms with Crippen LogP contribution in [-0.4, -0.2) is 39.9 Å². The molecule has 0 aliphatic carbocycles. The summed E-state index contributed by atoms with van der Waals surface area (Å²) in [6, 6.07) is 12.8. The zero-order valence-corrected chi connectivity index (χ0v) is 15.0. The van der Waals surface area contributed by atoms with Crippen molar-refractivity contribution < 1.29 is 4.79 Å². The fourth-order valence-electron chi connectivity index (χ4n) is 3.72. The van der Waals surface area contributed by atoms with Crippen LogP contribution < -0.4 is 10.9 Å². The number of H-pyrrole nitrogens is 1. The molecule has 0 spiro atoms. The molecule has 1 amide bonds. The largest absolute Gasteiger partial charge is 0.348 e. The zero-order chi connectivity index (χ0) is 18.6. The maximum Gasteiger partial charge on any atom is 0.252 e. The lowest BCUT2D eigenvalue weighted by Crippen LogP contribution is -2.47. The van der Waals surface area contributed by atoms with Crippen LogP contribution in [0.4, 0.5) is 0 Å². The van der Waals surface area contributed by atoms with Crippen molar-refractivity contribution in [2.24, 2.45) is 0 Å². The molecule has 6 nitrogen and oxygen atoms in total. The number of para-hydroxylation sites is 1. The first kappa shape index (κ1) is 17.4. The van der Waals surface area contributed by atoms with Gasteiger partial charge in [-0.15, -0.1) is 0 Å². The number of aromatic amines is 1. The lowest BCUT2D eigenvalue weighted by molar-refractivity contribution is 0.0902. The molecule has 1 unspecified atom stereocenters. The third-order valence-corrected chi connectivity index (χ3v) is 4.96. The smallest absolute Gasteiger partial charge is 0.252 e. The molecule has 0 bridgehead atoms. The number of nitrogens with one attached hydrogen (secondary N) is 2. The van der Waals surface area contributed by atoms with Crippen LogP contribution in [0.25, 0.3) is 10.9 Å². The van der Waals surface area contributed by atoms with E-state index in [0.717, 1.165) is 37.9 Å². The number of pyridine rings is 2. The molecule has 27 heavy (non-hydrogen) atoms. The molecule has 1 aliphatic heterocycles. The van der Waals surface area contributed by atoms with Gasteiger partial charge < -0.3 is 10.3 Å². The Morgan fingerprint density at radius 1 is 1.26 bits per heavy atom. The van der Waals surface area contributed by atoms with Crippen molar-refractivity contribution in [3.05, 3.63) is 76.3 Å². The Labute approximate surface area is 157 Å². The van der Waals surface area contributed by atoms with E-state index in [-0.39, 0.29) is 17.5 Å². The summed E-state index contributed by atoms with van der Waals surface area (Å²) < 4.78 is 0. The van der Waals surface area contributed by atoms with Gasteiger partial charge in [0.15, 0.2) is 0 Å². The molecule has 6 heteroatoms. The van der Waals surface area contributed by atoms with Crippen LogP contribution in [0.15, 0.2) is 59.7 Å². The summed E-state index contributed by atoms with van der Waals surface area (Å²) in [4.78, 5) is 34.0. The number of benzene rings is 1. The Kier molecular flexibility index (Phi) is 4.98. The summed E-state index contributed by atoms with van der Waals surface area (Å²) in [5, 5.41) is 3.88. The second-order valence-electron chi connectivity index (χ2n) is 7.00. The number of hydrogen-bond donors (Lipinski definition) is 2. The number of nitrogens with zero attached hydrogens (tertiary/aromatic N) is 2. The maximum absolute atomic E-state index is 12.9. The molecule has 2 N–H and O–H groups in total. The molecule has 4 rings (SSSR count). The summed E-state index contributed by atoms with van der Waals surface area (Å²) >= 11 is 0. The van der Waals surface area contributed by atoms with Gasteiger partial charge in [0.05, 0.1) is 5.56 Å². The Balaban J connectivity index is 1.47. The molecule has 1 saturated heterocycles. The quantitative estimate of drug-likeness (QED) is 0.747. The molecule has 3 aromatic rings. The van der Waals surface area contributed by atoms with Crippen LogP contribution in [0, 0.1) is 0 Å². The van der Waals surface area contributed by atoms with Gasteiger partial charge in [0.1, 0.15) is 0 Å².